The largest absolute Gasteiger partial charge is 0.378 e. The summed E-state index contributed by atoms with van der Waals surface area (Å²) in [5, 5.41) is 0. The van der Waals surface area contributed by atoms with Crippen LogP contribution in [-0.4, -0.2) is 41.4 Å². The lowest BCUT2D eigenvalue weighted by Gasteiger charge is -2.08. The number of aromatic nitrogens is 3. The fourth-order valence-corrected chi connectivity index (χ4v) is 1.97. The number of fused-ring (bicyclic) bond motifs is 1. The SMILES string of the molecule is COCc1nc2cc(C)cnc2n1CCOCCN. The summed E-state index contributed by atoms with van der Waals surface area (Å²) in [5.74, 6) is 0.868. The number of imidazole rings is 1. The van der Waals surface area contributed by atoms with Crippen LogP contribution in [0.4, 0.5) is 0 Å². The topological polar surface area (TPSA) is 75.2 Å². The summed E-state index contributed by atoms with van der Waals surface area (Å²) in [4.78, 5) is 9.00. The van der Waals surface area contributed by atoms with Gasteiger partial charge in [0.1, 0.15) is 17.9 Å². The average molecular weight is 264 g/mol. The van der Waals surface area contributed by atoms with E-state index in [1.54, 1.807) is 7.11 Å². The molecule has 6 heteroatoms. The number of hydrogen-bond donors (Lipinski definition) is 1. The monoisotopic (exact) mass is 264 g/mol. The molecule has 0 unspecified atom stereocenters. The summed E-state index contributed by atoms with van der Waals surface area (Å²) in [6.45, 7) is 4.87. The van der Waals surface area contributed by atoms with Crippen LogP contribution in [0.15, 0.2) is 12.3 Å². The van der Waals surface area contributed by atoms with E-state index in [4.69, 9.17) is 15.2 Å². The average Bonchev–Trinajstić information content (AvgIpc) is 2.72. The van der Waals surface area contributed by atoms with Gasteiger partial charge in [0, 0.05) is 26.4 Å². The van der Waals surface area contributed by atoms with Crippen LogP contribution in [0.5, 0.6) is 0 Å². The minimum atomic E-state index is 0.465. The van der Waals surface area contributed by atoms with Gasteiger partial charge in [0.25, 0.3) is 0 Å². The van der Waals surface area contributed by atoms with Gasteiger partial charge in [0.15, 0.2) is 5.65 Å². The molecule has 2 aromatic rings. The number of pyridine rings is 1. The molecule has 19 heavy (non-hydrogen) atoms. The molecule has 0 saturated heterocycles. The van der Waals surface area contributed by atoms with Crippen LogP contribution < -0.4 is 5.73 Å². The number of nitrogens with two attached hydrogens (primary N) is 1. The van der Waals surface area contributed by atoms with E-state index in [9.17, 15) is 0 Å². The molecule has 0 radical (unpaired) electrons. The van der Waals surface area contributed by atoms with Gasteiger partial charge in [-0.15, -0.1) is 0 Å². The Kier molecular flexibility index (Phi) is 4.84. The number of ether oxygens (including phenoxy) is 2. The van der Waals surface area contributed by atoms with Gasteiger partial charge in [0.2, 0.25) is 0 Å². The minimum absolute atomic E-state index is 0.465. The van der Waals surface area contributed by atoms with E-state index in [2.05, 4.69) is 9.97 Å². The smallest absolute Gasteiger partial charge is 0.160 e. The summed E-state index contributed by atoms with van der Waals surface area (Å²) in [6, 6.07) is 2.03. The van der Waals surface area contributed by atoms with Gasteiger partial charge in [0.05, 0.1) is 13.2 Å². The maximum atomic E-state index is 5.42. The van der Waals surface area contributed by atoms with Gasteiger partial charge in [-0.1, -0.05) is 0 Å². The van der Waals surface area contributed by atoms with E-state index in [1.165, 1.54) is 0 Å². The first kappa shape index (κ1) is 13.9. The van der Waals surface area contributed by atoms with E-state index < -0.39 is 0 Å². The Morgan fingerprint density at radius 3 is 2.95 bits per heavy atom. The zero-order valence-corrected chi connectivity index (χ0v) is 11.4. The first-order valence-electron chi connectivity index (χ1n) is 6.34. The second-order valence-corrected chi connectivity index (χ2v) is 4.37. The third-order valence-corrected chi connectivity index (χ3v) is 2.80. The van der Waals surface area contributed by atoms with Crippen LogP contribution >= 0.6 is 0 Å². The van der Waals surface area contributed by atoms with Gasteiger partial charge >= 0.3 is 0 Å². The molecule has 2 aromatic heterocycles. The lowest BCUT2D eigenvalue weighted by molar-refractivity contribution is 0.129. The normalized spacial score (nSPS) is 11.3. The number of methoxy groups -OCH3 is 1. The van der Waals surface area contributed by atoms with E-state index in [1.807, 2.05) is 23.8 Å². The maximum absolute atomic E-state index is 5.42. The fourth-order valence-electron chi connectivity index (χ4n) is 1.97. The molecular formula is C13H20N4O2. The van der Waals surface area contributed by atoms with Crippen LogP contribution in [0.1, 0.15) is 11.4 Å². The van der Waals surface area contributed by atoms with E-state index in [0.717, 1.165) is 22.6 Å². The Bertz CT molecular complexity index is 539. The van der Waals surface area contributed by atoms with Crippen molar-refractivity contribution in [1.82, 2.24) is 14.5 Å². The first-order valence-corrected chi connectivity index (χ1v) is 6.34. The minimum Gasteiger partial charge on any atom is -0.378 e. The Balaban J connectivity index is 2.24. The van der Waals surface area contributed by atoms with Crippen molar-refractivity contribution in [1.29, 1.82) is 0 Å². The number of hydrogen-bond acceptors (Lipinski definition) is 5. The van der Waals surface area contributed by atoms with Gasteiger partial charge in [-0.3, -0.25) is 0 Å². The van der Waals surface area contributed by atoms with Crippen molar-refractivity contribution in [2.24, 2.45) is 5.73 Å². The zero-order valence-electron chi connectivity index (χ0n) is 11.4. The third-order valence-electron chi connectivity index (χ3n) is 2.80. The summed E-state index contributed by atoms with van der Waals surface area (Å²) in [6.07, 6.45) is 1.85. The highest BCUT2D eigenvalue weighted by molar-refractivity contribution is 5.72. The van der Waals surface area contributed by atoms with E-state index in [0.29, 0.717) is 32.9 Å². The lowest BCUT2D eigenvalue weighted by atomic mass is 10.3. The molecule has 0 amide bonds. The van der Waals surface area contributed by atoms with Crippen molar-refractivity contribution in [3.8, 4) is 0 Å². The maximum Gasteiger partial charge on any atom is 0.160 e. The van der Waals surface area contributed by atoms with Crippen molar-refractivity contribution >= 4 is 11.2 Å². The highest BCUT2D eigenvalue weighted by Crippen LogP contribution is 2.15. The van der Waals surface area contributed by atoms with Crippen molar-refractivity contribution in [3.63, 3.8) is 0 Å². The Hall–Kier alpha value is -1.50. The lowest BCUT2D eigenvalue weighted by Crippen LogP contribution is -2.14. The van der Waals surface area contributed by atoms with Crippen molar-refractivity contribution in [3.05, 3.63) is 23.7 Å². The van der Waals surface area contributed by atoms with Crippen LogP contribution in [0.2, 0.25) is 0 Å². The van der Waals surface area contributed by atoms with Gasteiger partial charge in [-0.05, 0) is 18.6 Å². The standard InChI is InChI=1S/C13H20N4O2/c1-10-7-11-13(15-8-10)17(4-6-19-5-3-14)12(16-11)9-18-2/h7-8H,3-6,9,14H2,1-2H3. The first-order chi connectivity index (χ1) is 9.26. The molecule has 2 heterocycles. The Morgan fingerprint density at radius 2 is 2.21 bits per heavy atom. The predicted molar refractivity (Wildman–Crippen MR) is 72.9 cm³/mol. The zero-order chi connectivity index (χ0) is 13.7. The predicted octanol–water partition coefficient (Wildman–Crippen LogP) is 0.861. The van der Waals surface area contributed by atoms with Crippen LogP contribution in [-0.2, 0) is 22.6 Å². The molecule has 0 spiro atoms. The summed E-state index contributed by atoms with van der Waals surface area (Å²) in [7, 11) is 1.66. The Labute approximate surface area is 112 Å². The van der Waals surface area contributed by atoms with Gasteiger partial charge in [-0.2, -0.15) is 0 Å². The van der Waals surface area contributed by atoms with Crippen molar-refractivity contribution in [2.75, 3.05) is 26.9 Å². The molecule has 0 atom stereocenters. The molecule has 0 bridgehead atoms. The van der Waals surface area contributed by atoms with Crippen molar-refractivity contribution in [2.45, 2.75) is 20.1 Å². The molecule has 0 saturated carbocycles. The Morgan fingerprint density at radius 1 is 1.37 bits per heavy atom. The molecule has 0 aliphatic rings. The molecule has 0 aromatic carbocycles. The summed E-state index contributed by atoms with van der Waals surface area (Å²) >= 11 is 0. The molecule has 0 aliphatic carbocycles. The molecule has 2 rings (SSSR count). The van der Waals surface area contributed by atoms with Crippen LogP contribution in [0.25, 0.3) is 11.2 Å². The van der Waals surface area contributed by atoms with Gasteiger partial charge in [-0.25, -0.2) is 9.97 Å². The summed E-state index contributed by atoms with van der Waals surface area (Å²) < 4.78 is 12.6. The van der Waals surface area contributed by atoms with Gasteiger partial charge < -0.3 is 19.8 Å². The van der Waals surface area contributed by atoms with Crippen LogP contribution in [0, 0.1) is 6.92 Å². The second kappa shape index (κ2) is 6.60. The number of rotatable bonds is 7. The van der Waals surface area contributed by atoms with Crippen molar-refractivity contribution < 1.29 is 9.47 Å². The molecule has 2 N–H and O–H groups in total. The molecule has 6 nitrogen and oxygen atoms in total. The second-order valence-electron chi connectivity index (χ2n) is 4.37. The molecular weight excluding hydrogens is 244 g/mol. The molecule has 0 fully saturated rings. The molecule has 104 valence electrons. The fraction of sp³-hybridized carbons (Fsp3) is 0.538. The number of aryl methyl sites for hydroxylation is 1. The van der Waals surface area contributed by atoms with Crippen LogP contribution in [0.3, 0.4) is 0 Å². The highest BCUT2D eigenvalue weighted by Gasteiger charge is 2.11. The van der Waals surface area contributed by atoms with E-state index >= 15 is 0 Å². The highest BCUT2D eigenvalue weighted by atomic mass is 16.5. The summed E-state index contributed by atoms with van der Waals surface area (Å²) in [5.41, 5.74) is 8.26. The number of nitrogens with zero attached hydrogens (tertiary/aromatic N) is 3. The third kappa shape index (κ3) is 3.28. The molecule has 0 aliphatic heterocycles. The van der Waals surface area contributed by atoms with E-state index in [-0.39, 0.29) is 0 Å². The quantitative estimate of drug-likeness (QED) is 0.751.